The number of anilines is 2. The van der Waals surface area contributed by atoms with Gasteiger partial charge in [0.1, 0.15) is 5.76 Å². The normalized spacial score (nSPS) is 10.4. The Kier molecular flexibility index (Phi) is 7.26. The van der Waals surface area contributed by atoms with Crippen LogP contribution >= 0.6 is 23.4 Å². The summed E-state index contributed by atoms with van der Waals surface area (Å²) in [5.74, 6) is 0.321. The maximum Gasteiger partial charge on any atom is 0.254 e. The van der Waals surface area contributed by atoms with E-state index in [1.54, 1.807) is 39.2 Å². The monoisotopic (exact) mass is 410 g/mol. The van der Waals surface area contributed by atoms with Gasteiger partial charge < -0.3 is 20.1 Å². The summed E-state index contributed by atoms with van der Waals surface area (Å²) in [4.78, 5) is 37.1. The van der Waals surface area contributed by atoms with Gasteiger partial charge in [0.25, 0.3) is 5.91 Å². The second-order valence-corrected chi connectivity index (χ2v) is 7.20. The zero-order chi connectivity index (χ0) is 20.0. The molecule has 0 aliphatic heterocycles. The minimum atomic E-state index is -0.284. The predicted octanol–water partition coefficient (Wildman–Crippen LogP) is 2.65. The molecule has 8 nitrogen and oxygen atoms in total. The summed E-state index contributed by atoms with van der Waals surface area (Å²) < 4.78 is 4.85. The molecule has 2 aromatic rings. The Morgan fingerprint density at radius 3 is 2.37 bits per heavy atom. The molecule has 3 amide bonds. The molecule has 0 fully saturated rings. The van der Waals surface area contributed by atoms with E-state index in [0.717, 1.165) is 11.8 Å². The van der Waals surface area contributed by atoms with Crippen molar-refractivity contribution in [2.24, 2.45) is 0 Å². The largest absolute Gasteiger partial charge is 0.360 e. The number of nitrogens with one attached hydrogen (secondary N) is 2. The lowest BCUT2D eigenvalue weighted by Gasteiger charge is -2.12. The second-order valence-electron chi connectivity index (χ2n) is 5.81. The smallest absolute Gasteiger partial charge is 0.254 e. The molecule has 2 N–H and O–H groups in total. The summed E-state index contributed by atoms with van der Waals surface area (Å²) in [6.45, 7) is 1.72. The van der Waals surface area contributed by atoms with E-state index in [4.69, 9.17) is 16.1 Å². The zero-order valence-corrected chi connectivity index (χ0v) is 16.6. The topological polar surface area (TPSA) is 105 Å². The van der Waals surface area contributed by atoms with Crippen LogP contribution in [0.2, 0.25) is 5.02 Å². The summed E-state index contributed by atoms with van der Waals surface area (Å²) in [5.41, 5.74) is 0.831. The standard InChI is InChI=1S/C17H19ClN4O4S/c1-10-6-14(21-26-10)20-16(24)9-27-8-15(23)19-11-4-5-12(13(18)7-11)17(25)22(2)3/h4-7H,8-9H2,1-3H3,(H,19,23)(H,20,21,24). The number of thioether (sulfide) groups is 1. The fourth-order valence-corrected chi connectivity index (χ4v) is 2.92. The minimum absolute atomic E-state index is 0.0846. The molecule has 1 aromatic carbocycles. The highest BCUT2D eigenvalue weighted by molar-refractivity contribution is 8.00. The first kappa shape index (κ1) is 20.8. The van der Waals surface area contributed by atoms with Gasteiger partial charge in [0.15, 0.2) is 5.82 Å². The van der Waals surface area contributed by atoms with E-state index in [0.29, 0.717) is 22.8 Å². The number of aryl methyl sites for hydroxylation is 1. The van der Waals surface area contributed by atoms with Crippen LogP contribution in [0.4, 0.5) is 11.5 Å². The maximum atomic E-state index is 12.0. The maximum absolute atomic E-state index is 12.0. The molecule has 0 radical (unpaired) electrons. The second kappa shape index (κ2) is 9.43. The van der Waals surface area contributed by atoms with Gasteiger partial charge in [0.2, 0.25) is 11.8 Å². The first-order valence-electron chi connectivity index (χ1n) is 7.88. The molecule has 0 saturated heterocycles. The molecular formula is C17H19ClN4O4S. The van der Waals surface area contributed by atoms with Gasteiger partial charge in [-0.1, -0.05) is 16.8 Å². The van der Waals surface area contributed by atoms with Gasteiger partial charge in [-0.25, -0.2) is 0 Å². The van der Waals surface area contributed by atoms with Crippen molar-refractivity contribution in [1.29, 1.82) is 0 Å². The lowest BCUT2D eigenvalue weighted by atomic mass is 10.2. The number of hydrogen-bond acceptors (Lipinski definition) is 6. The number of hydrogen-bond donors (Lipinski definition) is 2. The van der Waals surface area contributed by atoms with Crippen LogP contribution in [-0.2, 0) is 9.59 Å². The number of carbonyl (C=O) groups is 3. The predicted molar refractivity (Wildman–Crippen MR) is 105 cm³/mol. The average Bonchev–Trinajstić information content (AvgIpc) is 2.99. The van der Waals surface area contributed by atoms with E-state index in [1.807, 2.05) is 0 Å². The van der Waals surface area contributed by atoms with Gasteiger partial charge in [-0.3, -0.25) is 14.4 Å². The number of amides is 3. The fourth-order valence-electron chi connectivity index (χ4n) is 2.04. The molecule has 1 aromatic heterocycles. The molecular weight excluding hydrogens is 392 g/mol. The molecule has 0 spiro atoms. The molecule has 10 heteroatoms. The fraction of sp³-hybridized carbons (Fsp3) is 0.294. The molecule has 1 heterocycles. The molecule has 0 saturated carbocycles. The van der Waals surface area contributed by atoms with Crippen molar-refractivity contribution < 1.29 is 18.9 Å². The number of benzene rings is 1. The molecule has 27 heavy (non-hydrogen) atoms. The van der Waals surface area contributed by atoms with E-state index < -0.39 is 0 Å². The van der Waals surface area contributed by atoms with Gasteiger partial charge in [-0.15, -0.1) is 11.8 Å². The van der Waals surface area contributed by atoms with Crippen LogP contribution in [0, 0.1) is 6.92 Å². The number of rotatable bonds is 7. The summed E-state index contributed by atoms with van der Waals surface area (Å²) in [7, 11) is 3.26. The van der Waals surface area contributed by atoms with Crippen molar-refractivity contribution in [3.63, 3.8) is 0 Å². The van der Waals surface area contributed by atoms with Crippen molar-refractivity contribution in [3.8, 4) is 0 Å². The Hall–Kier alpha value is -2.52. The highest BCUT2D eigenvalue weighted by atomic mass is 35.5. The van der Waals surface area contributed by atoms with E-state index in [1.165, 1.54) is 11.0 Å². The highest BCUT2D eigenvalue weighted by Gasteiger charge is 2.14. The van der Waals surface area contributed by atoms with Crippen molar-refractivity contribution >= 4 is 52.6 Å². The zero-order valence-electron chi connectivity index (χ0n) is 15.0. The lowest BCUT2D eigenvalue weighted by molar-refractivity contribution is -0.114. The Bertz CT molecular complexity index is 853. The first-order chi connectivity index (χ1) is 12.8. The minimum Gasteiger partial charge on any atom is -0.360 e. The summed E-state index contributed by atoms with van der Waals surface area (Å²) in [6, 6.07) is 6.27. The molecule has 0 atom stereocenters. The Labute approximate surface area is 165 Å². The van der Waals surface area contributed by atoms with Crippen LogP contribution in [0.3, 0.4) is 0 Å². The summed E-state index contributed by atoms with van der Waals surface area (Å²) in [5, 5.41) is 9.16. The number of carbonyl (C=O) groups excluding carboxylic acids is 3. The van der Waals surface area contributed by atoms with E-state index in [-0.39, 0.29) is 34.2 Å². The summed E-state index contributed by atoms with van der Waals surface area (Å²) >= 11 is 7.26. The third kappa shape index (κ3) is 6.30. The van der Waals surface area contributed by atoms with Gasteiger partial charge in [-0.05, 0) is 25.1 Å². The van der Waals surface area contributed by atoms with Crippen LogP contribution in [0.15, 0.2) is 28.8 Å². The molecule has 0 aliphatic carbocycles. The first-order valence-corrected chi connectivity index (χ1v) is 9.41. The molecule has 144 valence electrons. The number of halogens is 1. The van der Waals surface area contributed by atoms with Crippen LogP contribution in [0.1, 0.15) is 16.1 Å². The van der Waals surface area contributed by atoms with Crippen LogP contribution in [0.5, 0.6) is 0 Å². The Balaban J connectivity index is 1.79. The lowest BCUT2D eigenvalue weighted by Crippen LogP contribution is -2.22. The average molecular weight is 411 g/mol. The van der Waals surface area contributed by atoms with E-state index >= 15 is 0 Å². The molecule has 0 bridgehead atoms. The Morgan fingerprint density at radius 2 is 1.81 bits per heavy atom. The quantitative estimate of drug-likeness (QED) is 0.727. The third-order valence-electron chi connectivity index (χ3n) is 3.25. The van der Waals surface area contributed by atoms with Crippen LogP contribution in [-0.4, -0.2) is 53.4 Å². The van der Waals surface area contributed by atoms with Gasteiger partial charge >= 0.3 is 0 Å². The van der Waals surface area contributed by atoms with Crippen molar-refractivity contribution in [2.45, 2.75) is 6.92 Å². The van der Waals surface area contributed by atoms with E-state index in [9.17, 15) is 14.4 Å². The van der Waals surface area contributed by atoms with Gasteiger partial charge in [0, 0.05) is 25.8 Å². The molecule has 0 unspecified atom stereocenters. The van der Waals surface area contributed by atoms with Crippen molar-refractivity contribution in [2.75, 3.05) is 36.2 Å². The van der Waals surface area contributed by atoms with Crippen molar-refractivity contribution in [3.05, 3.63) is 40.6 Å². The van der Waals surface area contributed by atoms with Gasteiger partial charge in [0.05, 0.1) is 22.1 Å². The molecule has 2 rings (SSSR count). The SMILES string of the molecule is Cc1cc(NC(=O)CSCC(=O)Nc2ccc(C(=O)N(C)C)c(Cl)c2)no1. The van der Waals surface area contributed by atoms with Crippen LogP contribution in [0.25, 0.3) is 0 Å². The summed E-state index contributed by atoms with van der Waals surface area (Å²) in [6.07, 6.45) is 0. The number of nitrogens with zero attached hydrogens (tertiary/aromatic N) is 2. The van der Waals surface area contributed by atoms with Crippen molar-refractivity contribution in [1.82, 2.24) is 10.1 Å². The third-order valence-corrected chi connectivity index (χ3v) is 4.50. The Morgan fingerprint density at radius 1 is 1.15 bits per heavy atom. The van der Waals surface area contributed by atoms with E-state index in [2.05, 4.69) is 15.8 Å². The number of aromatic nitrogens is 1. The van der Waals surface area contributed by atoms with Crippen LogP contribution < -0.4 is 10.6 Å². The van der Waals surface area contributed by atoms with Gasteiger partial charge in [-0.2, -0.15) is 0 Å². The highest BCUT2D eigenvalue weighted by Crippen LogP contribution is 2.22. The molecule has 0 aliphatic rings.